The van der Waals surface area contributed by atoms with Crippen LogP contribution in [-0.4, -0.2) is 17.7 Å². The van der Waals surface area contributed by atoms with Crippen LogP contribution in [0.4, 0.5) is 4.39 Å². The number of nitrogens with one attached hydrogen (secondary N) is 2. The first-order valence-electron chi connectivity index (χ1n) is 7.59. The number of carbonyl (C=O) groups excluding carboxylic acids is 1. The second-order valence-corrected chi connectivity index (χ2v) is 5.69. The number of fused-ring (bicyclic) bond motifs is 2. The summed E-state index contributed by atoms with van der Waals surface area (Å²) in [6.45, 7) is 2.08. The van der Waals surface area contributed by atoms with Gasteiger partial charge in [0.15, 0.2) is 11.5 Å². The zero-order valence-electron chi connectivity index (χ0n) is 12.9. The minimum atomic E-state index is -0.355. The van der Waals surface area contributed by atoms with Crippen LogP contribution >= 0.6 is 0 Å². The second kappa shape index (κ2) is 5.56. The molecular weight excluding hydrogens is 311 g/mol. The molecule has 3 aromatic rings. The zero-order chi connectivity index (χ0) is 16.7. The van der Waals surface area contributed by atoms with Crippen molar-refractivity contribution in [3.63, 3.8) is 0 Å². The number of carbonyl (C=O) groups is 1. The summed E-state index contributed by atoms with van der Waals surface area (Å²) >= 11 is 0. The molecule has 1 aliphatic rings. The Kier molecular flexibility index (Phi) is 3.37. The van der Waals surface area contributed by atoms with Crippen LogP contribution in [0.25, 0.3) is 10.9 Å². The standard InChI is InChI=1S/C18H15FN2O3/c1-10(11-5-6-16-17(7-11)24-9-23-16)20-18(22)15-8-12-13(19)3-2-4-14(12)21-15/h2-8,10,21H,9H2,1H3,(H,20,22). The van der Waals surface area contributed by atoms with Gasteiger partial charge in [-0.05, 0) is 42.8 Å². The fourth-order valence-corrected chi connectivity index (χ4v) is 2.78. The molecule has 2 N–H and O–H groups in total. The summed E-state index contributed by atoms with van der Waals surface area (Å²) in [7, 11) is 0. The quantitative estimate of drug-likeness (QED) is 0.774. The van der Waals surface area contributed by atoms with E-state index in [1.807, 2.05) is 25.1 Å². The lowest BCUT2D eigenvalue weighted by Crippen LogP contribution is -2.26. The summed E-state index contributed by atoms with van der Waals surface area (Å²) in [4.78, 5) is 15.4. The van der Waals surface area contributed by atoms with Gasteiger partial charge in [-0.15, -0.1) is 0 Å². The van der Waals surface area contributed by atoms with Crippen molar-refractivity contribution in [2.45, 2.75) is 13.0 Å². The molecule has 1 aromatic heterocycles. The molecule has 0 bridgehead atoms. The van der Waals surface area contributed by atoms with Gasteiger partial charge in [0.1, 0.15) is 11.5 Å². The van der Waals surface area contributed by atoms with E-state index in [0.717, 1.165) is 5.56 Å². The minimum Gasteiger partial charge on any atom is -0.454 e. The lowest BCUT2D eigenvalue weighted by atomic mass is 10.1. The summed E-state index contributed by atoms with van der Waals surface area (Å²) in [6, 6.07) is 11.5. The van der Waals surface area contributed by atoms with Gasteiger partial charge >= 0.3 is 0 Å². The molecule has 1 amide bonds. The van der Waals surface area contributed by atoms with Gasteiger partial charge in [-0.25, -0.2) is 4.39 Å². The Morgan fingerprint density at radius 3 is 2.88 bits per heavy atom. The van der Waals surface area contributed by atoms with E-state index in [1.165, 1.54) is 12.1 Å². The van der Waals surface area contributed by atoms with Crippen LogP contribution in [0, 0.1) is 5.82 Å². The van der Waals surface area contributed by atoms with Crippen LogP contribution in [-0.2, 0) is 0 Å². The summed E-state index contributed by atoms with van der Waals surface area (Å²) in [5.74, 6) is 0.715. The molecule has 6 heteroatoms. The highest BCUT2D eigenvalue weighted by Gasteiger charge is 2.18. The van der Waals surface area contributed by atoms with Crippen LogP contribution in [0.5, 0.6) is 11.5 Å². The number of aromatic amines is 1. The number of rotatable bonds is 3. The Labute approximate surface area is 137 Å². The van der Waals surface area contributed by atoms with E-state index in [1.54, 1.807) is 12.1 Å². The largest absolute Gasteiger partial charge is 0.454 e. The van der Waals surface area contributed by atoms with Crippen LogP contribution in [0.15, 0.2) is 42.5 Å². The van der Waals surface area contributed by atoms with E-state index in [9.17, 15) is 9.18 Å². The van der Waals surface area contributed by atoms with Gasteiger partial charge in [0.2, 0.25) is 6.79 Å². The summed E-state index contributed by atoms with van der Waals surface area (Å²) in [6.07, 6.45) is 0. The zero-order valence-corrected chi connectivity index (χ0v) is 12.9. The Hall–Kier alpha value is -3.02. The number of hydrogen-bond donors (Lipinski definition) is 2. The Morgan fingerprint density at radius 1 is 1.21 bits per heavy atom. The molecule has 122 valence electrons. The number of amides is 1. The SMILES string of the molecule is CC(NC(=O)c1cc2c(F)cccc2[nH]1)c1ccc2c(c1)OCO2. The van der Waals surface area contributed by atoms with Crippen LogP contribution < -0.4 is 14.8 Å². The maximum atomic E-state index is 13.7. The molecule has 24 heavy (non-hydrogen) atoms. The van der Waals surface area contributed by atoms with Gasteiger partial charge in [-0.3, -0.25) is 4.79 Å². The molecule has 0 fully saturated rings. The van der Waals surface area contributed by atoms with Crippen molar-refractivity contribution in [1.82, 2.24) is 10.3 Å². The smallest absolute Gasteiger partial charge is 0.268 e. The van der Waals surface area contributed by atoms with Crippen molar-refractivity contribution in [1.29, 1.82) is 0 Å². The highest BCUT2D eigenvalue weighted by molar-refractivity contribution is 5.98. The lowest BCUT2D eigenvalue weighted by molar-refractivity contribution is 0.0935. The average molecular weight is 326 g/mol. The summed E-state index contributed by atoms with van der Waals surface area (Å²) < 4.78 is 24.4. The molecule has 0 spiro atoms. The fraction of sp³-hybridized carbons (Fsp3) is 0.167. The molecule has 2 heterocycles. The van der Waals surface area contributed by atoms with Crippen molar-refractivity contribution in [3.8, 4) is 11.5 Å². The van der Waals surface area contributed by atoms with Crippen LogP contribution in [0.1, 0.15) is 29.0 Å². The molecule has 1 aliphatic heterocycles. The first kappa shape index (κ1) is 14.6. The van der Waals surface area contributed by atoms with Gasteiger partial charge in [0.25, 0.3) is 5.91 Å². The third-order valence-electron chi connectivity index (χ3n) is 4.10. The Bertz CT molecular complexity index is 935. The van der Waals surface area contributed by atoms with Gasteiger partial charge in [-0.1, -0.05) is 12.1 Å². The molecule has 5 nitrogen and oxygen atoms in total. The molecule has 2 aromatic carbocycles. The topological polar surface area (TPSA) is 63.4 Å². The third kappa shape index (κ3) is 2.46. The highest BCUT2D eigenvalue weighted by Crippen LogP contribution is 2.34. The summed E-state index contributed by atoms with van der Waals surface area (Å²) in [5.41, 5.74) is 1.81. The maximum absolute atomic E-state index is 13.7. The average Bonchev–Trinajstić information content (AvgIpc) is 3.21. The number of aromatic nitrogens is 1. The van der Waals surface area contributed by atoms with E-state index < -0.39 is 0 Å². The van der Waals surface area contributed by atoms with Crippen molar-refractivity contribution < 1.29 is 18.7 Å². The molecule has 0 saturated carbocycles. The molecule has 0 radical (unpaired) electrons. The lowest BCUT2D eigenvalue weighted by Gasteiger charge is -2.14. The molecular formula is C18H15FN2O3. The normalized spacial score (nSPS) is 13.9. The number of benzene rings is 2. The van der Waals surface area contributed by atoms with Crippen molar-refractivity contribution in [2.24, 2.45) is 0 Å². The fourth-order valence-electron chi connectivity index (χ4n) is 2.78. The summed E-state index contributed by atoms with van der Waals surface area (Å²) in [5, 5.41) is 3.30. The molecule has 0 saturated heterocycles. The predicted octanol–water partition coefficient (Wildman–Crippen LogP) is 3.53. The maximum Gasteiger partial charge on any atom is 0.268 e. The monoisotopic (exact) mass is 326 g/mol. The van der Waals surface area contributed by atoms with E-state index in [2.05, 4.69) is 10.3 Å². The van der Waals surface area contributed by atoms with Gasteiger partial charge in [-0.2, -0.15) is 0 Å². The van der Waals surface area contributed by atoms with Crippen LogP contribution in [0.2, 0.25) is 0 Å². The molecule has 0 aliphatic carbocycles. The van der Waals surface area contributed by atoms with Crippen molar-refractivity contribution in [2.75, 3.05) is 6.79 Å². The molecule has 1 unspecified atom stereocenters. The molecule has 4 rings (SSSR count). The first-order chi connectivity index (χ1) is 11.6. The van der Waals surface area contributed by atoms with Gasteiger partial charge in [0, 0.05) is 10.9 Å². The Morgan fingerprint density at radius 2 is 2.04 bits per heavy atom. The van der Waals surface area contributed by atoms with Crippen molar-refractivity contribution in [3.05, 3.63) is 59.5 Å². The predicted molar refractivity (Wildman–Crippen MR) is 86.7 cm³/mol. The van der Waals surface area contributed by atoms with E-state index >= 15 is 0 Å². The van der Waals surface area contributed by atoms with Gasteiger partial charge < -0.3 is 19.8 Å². The highest BCUT2D eigenvalue weighted by atomic mass is 19.1. The second-order valence-electron chi connectivity index (χ2n) is 5.69. The minimum absolute atomic E-state index is 0.208. The Balaban J connectivity index is 1.55. The number of ether oxygens (including phenoxy) is 2. The third-order valence-corrected chi connectivity index (χ3v) is 4.10. The number of halogens is 1. The number of H-pyrrole nitrogens is 1. The van der Waals surface area contributed by atoms with E-state index in [-0.39, 0.29) is 24.6 Å². The van der Waals surface area contributed by atoms with E-state index in [4.69, 9.17) is 9.47 Å². The van der Waals surface area contributed by atoms with Crippen molar-refractivity contribution >= 4 is 16.8 Å². The molecule has 1 atom stereocenters. The van der Waals surface area contributed by atoms with Crippen LogP contribution in [0.3, 0.4) is 0 Å². The number of hydrogen-bond acceptors (Lipinski definition) is 3. The van der Waals surface area contributed by atoms with Gasteiger partial charge in [0.05, 0.1) is 6.04 Å². The van der Waals surface area contributed by atoms with E-state index in [0.29, 0.717) is 28.1 Å². The first-order valence-corrected chi connectivity index (χ1v) is 7.59.